The Balaban J connectivity index is 1.57. The summed E-state index contributed by atoms with van der Waals surface area (Å²) in [5.74, 6) is 0. The molecule has 3 heteroatoms. The topological polar surface area (TPSA) is 17.3 Å². The standard InChI is InChI=1S/C31H28N2S/c1-22-8-14-27(15-9-22)32-30-33(28-16-10-23(2)11-17-28)29(21-34-30)31(18-5-19-31)26-13-12-24-6-3-4-7-25(24)20-26/h3-4,6-17,20-21H,5,18-19H2,1-2H3. The van der Waals surface area contributed by atoms with Crippen LogP contribution in [0.2, 0.25) is 0 Å². The fourth-order valence-corrected chi connectivity index (χ4v) is 6.12. The molecule has 1 aliphatic rings. The van der Waals surface area contributed by atoms with Crippen molar-refractivity contribution in [3.05, 3.63) is 124 Å². The summed E-state index contributed by atoms with van der Waals surface area (Å²) in [6.07, 6.45) is 3.58. The molecule has 1 aliphatic carbocycles. The van der Waals surface area contributed by atoms with Gasteiger partial charge in [0.15, 0.2) is 4.80 Å². The lowest BCUT2D eigenvalue weighted by Crippen LogP contribution is -2.38. The first kappa shape index (κ1) is 21.1. The van der Waals surface area contributed by atoms with Crippen LogP contribution in [-0.4, -0.2) is 4.57 Å². The van der Waals surface area contributed by atoms with E-state index in [1.807, 2.05) is 0 Å². The minimum absolute atomic E-state index is 0.0203. The van der Waals surface area contributed by atoms with E-state index in [1.54, 1.807) is 11.3 Å². The fraction of sp³-hybridized carbons (Fsp3) is 0.194. The monoisotopic (exact) mass is 460 g/mol. The van der Waals surface area contributed by atoms with Crippen molar-refractivity contribution < 1.29 is 0 Å². The van der Waals surface area contributed by atoms with Gasteiger partial charge >= 0.3 is 0 Å². The number of rotatable bonds is 4. The Labute approximate surface area is 204 Å². The van der Waals surface area contributed by atoms with Crippen LogP contribution in [-0.2, 0) is 5.41 Å². The highest BCUT2D eigenvalue weighted by atomic mass is 32.1. The van der Waals surface area contributed by atoms with E-state index in [9.17, 15) is 0 Å². The molecule has 0 amide bonds. The summed E-state index contributed by atoms with van der Waals surface area (Å²) in [4.78, 5) is 6.12. The number of benzene rings is 4. The van der Waals surface area contributed by atoms with Crippen LogP contribution < -0.4 is 4.80 Å². The van der Waals surface area contributed by atoms with Crippen molar-refractivity contribution in [1.82, 2.24) is 4.57 Å². The number of hydrogen-bond acceptors (Lipinski definition) is 2. The van der Waals surface area contributed by atoms with E-state index in [1.165, 1.54) is 45.3 Å². The first-order valence-electron chi connectivity index (χ1n) is 12.0. The van der Waals surface area contributed by atoms with Gasteiger partial charge in [0.1, 0.15) is 0 Å². The lowest BCUT2D eigenvalue weighted by atomic mass is 9.62. The lowest BCUT2D eigenvalue weighted by Gasteiger charge is -2.43. The zero-order valence-corrected chi connectivity index (χ0v) is 20.5. The Morgan fingerprint density at radius 3 is 2.12 bits per heavy atom. The summed E-state index contributed by atoms with van der Waals surface area (Å²) < 4.78 is 2.40. The van der Waals surface area contributed by atoms with Gasteiger partial charge in [0, 0.05) is 22.2 Å². The largest absolute Gasteiger partial charge is 0.289 e. The number of nitrogens with zero attached hydrogens (tertiary/aromatic N) is 2. The Kier molecular flexibility index (Phi) is 5.23. The summed E-state index contributed by atoms with van der Waals surface area (Å²) >= 11 is 1.74. The van der Waals surface area contributed by atoms with E-state index in [2.05, 4.69) is 115 Å². The SMILES string of the molecule is Cc1ccc(N=c2scc(C3(c4ccc5ccccc5c4)CCC3)n2-c2ccc(C)cc2)cc1. The third-order valence-electron chi connectivity index (χ3n) is 7.26. The molecule has 0 radical (unpaired) electrons. The molecule has 0 atom stereocenters. The van der Waals surface area contributed by atoms with Gasteiger partial charge in [0.25, 0.3) is 0 Å². The molecular formula is C31H28N2S. The van der Waals surface area contributed by atoms with Crippen molar-refractivity contribution in [2.75, 3.05) is 0 Å². The highest BCUT2D eigenvalue weighted by Gasteiger charge is 2.43. The maximum absolute atomic E-state index is 5.10. The van der Waals surface area contributed by atoms with Crippen molar-refractivity contribution >= 4 is 27.8 Å². The quantitative estimate of drug-likeness (QED) is 0.258. The first-order chi connectivity index (χ1) is 16.6. The van der Waals surface area contributed by atoms with Gasteiger partial charge in [-0.15, -0.1) is 11.3 Å². The molecule has 168 valence electrons. The number of aryl methyl sites for hydroxylation is 2. The third-order valence-corrected chi connectivity index (χ3v) is 8.08. The maximum atomic E-state index is 5.10. The van der Waals surface area contributed by atoms with Gasteiger partial charge in [-0.3, -0.25) is 4.57 Å². The van der Waals surface area contributed by atoms with Crippen LogP contribution in [0.15, 0.2) is 101 Å². The van der Waals surface area contributed by atoms with E-state index in [0.717, 1.165) is 23.3 Å². The summed E-state index contributed by atoms with van der Waals surface area (Å²) in [5, 5.41) is 4.96. The van der Waals surface area contributed by atoms with E-state index in [-0.39, 0.29) is 5.41 Å². The molecule has 0 saturated heterocycles. The molecule has 34 heavy (non-hydrogen) atoms. The summed E-state index contributed by atoms with van der Waals surface area (Å²) in [6, 6.07) is 33.0. The Bertz CT molecular complexity index is 1530. The zero-order valence-electron chi connectivity index (χ0n) is 19.7. The molecule has 6 rings (SSSR count). The zero-order chi connectivity index (χ0) is 23.1. The Morgan fingerprint density at radius 1 is 0.765 bits per heavy atom. The molecule has 0 bridgehead atoms. The molecule has 2 nitrogen and oxygen atoms in total. The van der Waals surface area contributed by atoms with Crippen LogP contribution in [0, 0.1) is 13.8 Å². The second kappa shape index (κ2) is 8.41. The molecule has 0 aliphatic heterocycles. The van der Waals surface area contributed by atoms with Gasteiger partial charge in [0.2, 0.25) is 0 Å². The summed E-state index contributed by atoms with van der Waals surface area (Å²) in [5.41, 5.74) is 7.49. The van der Waals surface area contributed by atoms with E-state index in [4.69, 9.17) is 4.99 Å². The maximum Gasteiger partial charge on any atom is 0.194 e. The molecule has 5 aromatic rings. The number of aromatic nitrogens is 1. The molecule has 1 aromatic heterocycles. The average molecular weight is 461 g/mol. The normalized spacial score (nSPS) is 15.4. The summed E-state index contributed by atoms with van der Waals surface area (Å²) in [6.45, 7) is 4.26. The van der Waals surface area contributed by atoms with Gasteiger partial charge in [0.05, 0.1) is 5.69 Å². The lowest BCUT2D eigenvalue weighted by molar-refractivity contribution is 0.290. The van der Waals surface area contributed by atoms with Crippen LogP contribution in [0.4, 0.5) is 5.69 Å². The van der Waals surface area contributed by atoms with Gasteiger partial charge in [-0.05, 0) is 67.3 Å². The Morgan fingerprint density at radius 2 is 1.44 bits per heavy atom. The highest BCUT2D eigenvalue weighted by Crippen LogP contribution is 2.50. The van der Waals surface area contributed by atoms with Crippen molar-refractivity contribution in [2.24, 2.45) is 4.99 Å². The van der Waals surface area contributed by atoms with Gasteiger partial charge in [-0.1, -0.05) is 84.3 Å². The van der Waals surface area contributed by atoms with E-state index in [0.29, 0.717) is 0 Å². The second-order valence-electron chi connectivity index (χ2n) is 9.52. The predicted molar refractivity (Wildman–Crippen MR) is 143 cm³/mol. The van der Waals surface area contributed by atoms with Crippen LogP contribution in [0.1, 0.15) is 41.6 Å². The second-order valence-corrected chi connectivity index (χ2v) is 10.4. The van der Waals surface area contributed by atoms with Gasteiger partial charge in [-0.25, -0.2) is 4.99 Å². The molecule has 0 N–H and O–H groups in total. The average Bonchev–Trinajstić information content (AvgIpc) is 3.24. The number of fused-ring (bicyclic) bond motifs is 1. The molecule has 1 saturated carbocycles. The number of hydrogen-bond donors (Lipinski definition) is 0. The van der Waals surface area contributed by atoms with Crippen LogP contribution >= 0.6 is 11.3 Å². The van der Waals surface area contributed by atoms with Crippen LogP contribution in [0.25, 0.3) is 16.5 Å². The molecular weight excluding hydrogens is 432 g/mol. The van der Waals surface area contributed by atoms with Crippen molar-refractivity contribution in [1.29, 1.82) is 0 Å². The van der Waals surface area contributed by atoms with Crippen molar-refractivity contribution in [3.63, 3.8) is 0 Å². The minimum atomic E-state index is 0.0203. The van der Waals surface area contributed by atoms with Crippen molar-refractivity contribution in [2.45, 2.75) is 38.5 Å². The summed E-state index contributed by atoms with van der Waals surface area (Å²) in [7, 11) is 0. The van der Waals surface area contributed by atoms with Gasteiger partial charge in [-0.2, -0.15) is 0 Å². The molecule has 0 unspecified atom stereocenters. The third kappa shape index (κ3) is 3.61. The number of thiazole rings is 1. The van der Waals surface area contributed by atoms with Crippen molar-refractivity contribution in [3.8, 4) is 5.69 Å². The fourth-order valence-electron chi connectivity index (χ4n) is 5.10. The highest BCUT2D eigenvalue weighted by molar-refractivity contribution is 7.07. The molecule has 1 heterocycles. The van der Waals surface area contributed by atoms with Crippen LogP contribution in [0.3, 0.4) is 0 Å². The molecule has 1 fully saturated rings. The molecule has 0 spiro atoms. The minimum Gasteiger partial charge on any atom is -0.289 e. The van der Waals surface area contributed by atoms with Gasteiger partial charge < -0.3 is 0 Å². The van der Waals surface area contributed by atoms with E-state index >= 15 is 0 Å². The Hall–Kier alpha value is -3.43. The van der Waals surface area contributed by atoms with E-state index < -0.39 is 0 Å². The predicted octanol–water partition coefficient (Wildman–Crippen LogP) is 8.01. The van der Waals surface area contributed by atoms with Crippen LogP contribution in [0.5, 0.6) is 0 Å². The molecule has 4 aromatic carbocycles. The smallest absolute Gasteiger partial charge is 0.194 e. The first-order valence-corrected chi connectivity index (χ1v) is 12.9.